The number of anilines is 1. The number of nitrogens with one attached hydrogen (secondary N) is 3. The predicted octanol–water partition coefficient (Wildman–Crippen LogP) is 3.28. The number of aromatic nitrogens is 2. The molecule has 0 aliphatic heterocycles. The summed E-state index contributed by atoms with van der Waals surface area (Å²) in [4.78, 5) is 19.1. The summed E-state index contributed by atoms with van der Waals surface area (Å²) in [5.74, 6) is 0.827. The van der Waals surface area contributed by atoms with Gasteiger partial charge in [0, 0.05) is 12.2 Å². The molecule has 0 bridgehead atoms. The number of benzene rings is 2. The quantitative estimate of drug-likeness (QED) is 0.676. The van der Waals surface area contributed by atoms with Crippen molar-refractivity contribution in [2.24, 2.45) is 0 Å². The van der Waals surface area contributed by atoms with Crippen LogP contribution in [-0.4, -0.2) is 22.6 Å². The molecule has 118 valence electrons. The number of hydrogen-bond acceptors (Lipinski definition) is 3. The third-order valence-corrected chi connectivity index (χ3v) is 3.37. The number of ether oxygens (including phenoxy) is 1. The molecule has 0 unspecified atom stereocenters. The van der Waals surface area contributed by atoms with Crippen LogP contribution < -0.4 is 15.4 Å². The Labute approximate surface area is 133 Å². The Kier molecular flexibility index (Phi) is 4.42. The molecule has 2 aromatic carbocycles. The fraction of sp³-hybridized carbons (Fsp3) is 0.176. The lowest BCUT2D eigenvalue weighted by molar-refractivity contribution is 0.251. The van der Waals surface area contributed by atoms with E-state index in [1.807, 2.05) is 49.4 Å². The summed E-state index contributed by atoms with van der Waals surface area (Å²) in [6.45, 7) is 3.03. The number of aromatic amines is 1. The molecular weight excluding hydrogens is 292 g/mol. The molecule has 0 radical (unpaired) electrons. The van der Waals surface area contributed by atoms with Gasteiger partial charge in [0.15, 0.2) is 0 Å². The molecule has 2 amide bonds. The Hall–Kier alpha value is -3.02. The van der Waals surface area contributed by atoms with Crippen LogP contribution in [0.2, 0.25) is 0 Å². The van der Waals surface area contributed by atoms with Crippen LogP contribution in [0.5, 0.6) is 5.75 Å². The molecule has 0 fully saturated rings. The average molecular weight is 310 g/mol. The molecule has 0 atom stereocenters. The molecule has 0 spiro atoms. The van der Waals surface area contributed by atoms with Crippen molar-refractivity contribution in [1.29, 1.82) is 0 Å². The second kappa shape index (κ2) is 6.83. The first-order valence-electron chi connectivity index (χ1n) is 7.44. The van der Waals surface area contributed by atoms with Gasteiger partial charge in [-0.15, -0.1) is 0 Å². The van der Waals surface area contributed by atoms with Gasteiger partial charge < -0.3 is 20.4 Å². The fourth-order valence-electron chi connectivity index (χ4n) is 2.24. The highest BCUT2D eigenvalue weighted by Crippen LogP contribution is 2.15. The Bertz CT molecular complexity index is 796. The summed E-state index contributed by atoms with van der Waals surface area (Å²) in [6, 6.07) is 12.9. The standard InChI is InChI=1S/C17H18N4O2/c1-2-23-14-6-3-12(4-7-14)10-18-17(22)21-13-5-8-15-16(9-13)20-11-19-15/h3-9,11H,2,10H2,1H3,(H,19,20)(H2,18,21,22). The molecule has 3 rings (SSSR count). The molecule has 6 heteroatoms. The molecule has 0 saturated heterocycles. The summed E-state index contributed by atoms with van der Waals surface area (Å²) < 4.78 is 5.39. The maximum atomic E-state index is 12.0. The van der Waals surface area contributed by atoms with Gasteiger partial charge in [0.1, 0.15) is 5.75 Å². The topological polar surface area (TPSA) is 79.0 Å². The highest BCUT2D eigenvalue weighted by molar-refractivity contribution is 5.91. The molecule has 3 N–H and O–H groups in total. The van der Waals surface area contributed by atoms with Crippen LogP contribution in [0.25, 0.3) is 11.0 Å². The lowest BCUT2D eigenvalue weighted by Gasteiger charge is -2.08. The zero-order valence-corrected chi connectivity index (χ0v) is 12.8. The van der Waals surface area contributed by atoms with Crippen LogP contribution in [-0.2, 0) is 6.54 Å². The summed E-state index contributed by atoms with van der Waals surface area (Å²) in [6.07, 6.45) is 1.63. The highest BCUT2D eigenvalue weighted by atomic mass is 16.5. The van der Waals surface area contributed by atoms with Crippen molar-refractivity contribution in [3.63, 3.8) is 0 Å². The van der Waals surface area contributed by atoms with Gasteiger partial charge in [-0.3, -0.25) is 0 Å². The van der Waals surface area contributed by atoms with Crippen molar-refractivity contribution in [2.75, 3.05) is 11.9 Å². The van der Waals surface area contributed by atoms with Crippen molar-refractivity contribution >= 4 is 22.8 Å². The van der Waals surface area contributed by atoms with Crippen molar-refractivity contribution in [1.82, 2.24) is 15.3 Å². The van der Waals surface area contributed by atoms with Gasteiger partial charge in [0.05, 0.1) is 24.0 Å². The van der Waals surface area contributed by atoms with E-state index in [-0.39, 0.29) is 6.03 Å². The Balaban J connectivity index is 1.54. The smallest absolute Gasteiger partial charge is 0.319 e. The average Bonchev–Trinajstić information content (AvgIpc) is 3.02. The van der Waals surface area contributed by atoms with Crippen molar-refractivity contribution in [3.8, 4) is 5.75 Å². The molecule has 6 nitrogen and oxygen atoms in total. The first-order chi connectivity index (χ1) is 11.2. The van der Waals surface area contributed by atoms with Crippen LogP contribution in [0.4, 0.5) is 10.5 Å². The first-order valence-corrected chi connectivity index (χ1v) is 7.44. The van der Waals surface area contributed by atoms with Crippen LogP contribution >= 0.6 is 0 Å². The molecule has 0 saturated carbocycles. The number of amides is 2. The zero-order chi connectivity index (χ0) is 16.1. The van der Waals surface area contributed by atoms with Gasteiger partial charge in [-0.25, -0.2) is 9.78 Å². The number of rotatable bonds is 5. The second-order valence-corrected chi connectivity index (χ2v) is 5.02. The van der Waals surface area contributed by atoms with E-state index >= 15 is 0 Å². The van der Waals surface area contributed by atoms with Gasteiger partial charge in [-0.2, -0.15) is 0 Å². The predicted molar refractivity (Wildman–Crippen MR) is 89.6 cm³/mol. The third kappa shape index (κ3) is 3.79. The van der Waals surface area contributed by atoms with Gasteiger partial charge >= 0.3 is 6.03 Å². The summed E-state index contributed by atoms with van der Waals surface area (Å²) in [5.41, 5.74) is 3.47. The van der Waals surface area contributed by atoms with Crippen molar-refractivity contribution < 1.29 is 9.53 Å². The monoisotopic (exact) mass is 310 g/mol. The minimum Gasteiger partial charge on any atom is -0.494 e. The summed E-state index contributed by atoms with van der Waals surface area (Å²) >= 11 is 0. The molecule has 1 aromatic heterocycles. The SMILES string of the molecule is CCOc1ccc(CNC(=O)Nc2ccc3nc[nH]c3c2)cc1. The van der Waals surface area contributed by atoms with E-state index in [1.165, 1.54) is 0 Å². The number of fused-ring (bicyclic) bond motifs is 1. The molecule has 0 aliphatic rings. The Morgan fingerprint density at radius 1 is 1.22 bits per heavy atom. The first kappa shape index (κ1) is 14.9. The van der Waals surface area contributed by atoms with Crippen molar-refractivity contribution in [2.45, 2.75) is 13.5 Å². The molecular formula is C17H18N4O2. The number of urea groups is 1. The summed E-state index contributed by atoms with van der Waals surface area (Å²) in [7, 11) is 0. The maximum absolute atomic E-state index is 12.0. The van der Waals surface area contributed by atoms with Crippen LogP contribution in [0.1, 0.15) is 12.5 Å². The number of carbonyl (C=O) groups excluding carboxylic acids is 1. The number of nitrogens with zero attached hydrogens (tertiary/aromatic N) is 1. The largest absolute Gasteiger partial charge is 0.494 e. The van der Waals surface area contributed by atoms with Gasteiger partial charge in [-0.1, -0.05) is 12.1 Å². The Morgan fingerprint density at radius 2 is 2.04 bits per heavy atom. The van der Waals surface area contributed by atoms with E-state index in [4.69, 9.17) is 4.74 Å². The van der Waals surface area contributed by atoms with Gasteiger partial charge in [0.2, 0.25) is 0 Å². The molecule has 23 heavy (non-hydrogen) atoms. The lowest BCUT2D eigenvalue weighted by atomic mass is 10.2. The maximum Gasteiger partial charge on any atom is 0.319 e. The second-order valence-electron chi connectivity index (χ2n) is 5.02. The Morgan fingerprint density at radius 3 is 2.83 bits per heavy atom. The minimum absolute atomic E-state index is 0.252. The summed E-state index contributed by atoms with van der Waals surface area (Å²) in [5, 5.41) is 5.63. The number of H-pyrrole nitrogens is 1. The number of carbonyl (C=O) groups is 1. The zero-order valence-electron chi connectivity index (χ0n) is 12.8. The van der Waals surface area contributed by atoms with Gasteiger partial charge in [0.25, 0.3) is 0 Å². The van der Waals surface area contributed by atoms with Crippen LogP contribution in [0.3, 0.4) is 0 Å². The number of imidazole rings is 1. The van der Waals surface area contributed by atoms with E-state index in [1.54, 1.807) is 6.33 Å². The lowest BCUT2D eigenvalue weighted by Crippen LogP contribution is -2.28. The molecule has 1 heterocycles. The molecule has 3 aromatic rings. The number of hydrogen-bond donors (Lipinski definition) is 3. The van der Waals surface area contributed by atoms with E-state index in [0.717, 1.165) is 22.3 Å². The van der Waals surface area contributed by atoms with Crippen LogP contribution in [0.15, 0.2) is 48.8 Å². The highest BCUT2D eigenvalue weighted by Gasteiger charge is 2.04. The van der Waals surface area contributed by atoms with E-state index in [9.17, 15) is 4.79 Å². The van der Waals surface area contributed by atoms with E-state index < -0.39 is 0 Å². The van der Waals surface area contributed by atoms with Gasteiger partial charge in [-0.05, 0) is 42.8 Å². The fourth-order valence-corrected chi connectivity index (χ4v) is 2.24. The van der Waals surface area contributed by atoms with E-state index in [2.05, 4.69) is 20.6 Å². The van der Waals surface area contributed by atoms with E-state index in [0.29, 0.717) is 18.8 Å². The van der Waals surface area contributed by atoms with Crippen molar-refractivity contribution in [3.05, 3.63) is 54.4 Å². The third-order valence-electron chi connectivity index (χ3n) is 3.37. The van der Waals surface area contributed by atoms with Crippen LogP contribution in [0, 0.1) is 0 Å². The normalized spacial score (nSPS) is 10.5. The molecule has 0 aliphatic carbocycles. The minimum atomic E-state index is -0.252.